The number of carboxylic acids is 1. The van der Waals surface area contributed by atoms with E-state index in [9.17, 15) is 9.90 Å². The summed E-state index contributed by atoms with van der Waals surface area (Å²) in [7, 11) is 0. The van der Waals surface area contributed by atoms with E-state index in [1.165, 1.54) is 0 Å². The fraction of sp³-hybridized carbons (Fsp3) is 0.667. The lowest BCUT2D eigenvalue weighted by molar-refractivity contribution is -0.137. The Morgan fingerprint density at radius 3 is 3.00 bits per heavy atom. The minimum absolute atomic E-state index is 0.0925. The summed E-state index contributed by atoms with van der Waals surface area (Å²) in [6.07, 6.45) is 5.44. The molecule has 68 valence electrons. The van der Waals surface area contributed by atoms with Crippen molar-refractivity contribution in [3.05, 3.63) is 11.8 Å². The van der Waals surface area contributed by atoms with E-state index < -0.39 is 5.97 Å². The maximum absolute atomic E-state index is 10.2. The van der Waals surface area contributed by atoms with Gasteiger partial charge in [0.05, 0.1) is 5.76 Å². The summed E-state index contributed by atoms with van der Waals surface area (Å²) in [6.45, 7) is 0. The van der Waals surface area contributed by atoms with Crippen molar-refractivity contribution in [2.45, 2.75) is 32.1 Å². The number of hydrogen-bond donors (Lipinski definition) is 2. The first kappa shape index (κ1) is 9.10. The first-order valence-corrected chi connectivity index (χ1v) is 4.31. The molecule has 3 heteroatoms. The lowest BCUT2D eigenvalue weighted by Crippen LogP contribution is -2.10. The van der Waals surface area contributed by atoms with Gasteiger partial charge in [-0.2, -0.15) is 0 Å². The van der Waals surface area contributed by atoms with Crippen molar-refractivity contribution in [2.24, 2.45) is 5.92 Å². The van der Waals surface area contributed by atoms with E-state index in [2.05, 4.69) is 0 Å². The van der Waals surface area contributed by atoms with Crippen LogP contribution in [0.25, 0.3) is 0 Å². The summed E-state index contributed by atoms with van der Waals surface area (Å²) in [6, 6.07) is 0. The molecule has 1 aliphatic carbocycles. The molecule has 0 heterocycles. The molecule has 0 aromatic heterocycles. The highest BCUT2D eigenvalue weighted by atomic mass is 16.4. The number of rotatable bonds is 3. The first-order chi connectivity index (χ1) is 5.70. The second kappa shape index (κ2) is 4.14. The first-order valence-electron chi connectivity index (χ1n) is 4.31. The largest absolute Gasteiger partial charge is 0.512 e. The molecule has 3 nitrogen and oxygen atoms in total. The SMILES string of the molecule is O=C(O)CCC1CCCC=C1O. The molecule has 0 bridgehead atoms. The van der Waals surface area contributed by atoms with Crippen LogP contribution in [0.2, 0.25) is 0 Å². The molecule has 12 heavy (non-hydrogen) atoms. The Bertz CT molecular complexity index is 196. The summed E-state index contributed by atoms with van der Waals surface area (Å²) >= 11 is 0. The number of carboxylic acid groups (broad SMARTS) is 1. The zero-order chi connectivity index (χ0) is 8.97. The van der Waals surface area contributed by atoms with Gasteiger partial charge in [0.25, 0.3) is 0 Å². The van der Waals surface area contributed by atoms with Crippen LogP contribution in [0.3, 0.4) is 0 Å². The van der Waals surface area contributed by atoms with Crippen LogP contribution < -0.4 is 0 Å². The molecule has 0 saturated heterocycles. The van der Waals surface area contributed by atoms with Crippen LogP contribution in [0.1, 0.15) is 32.1 Å². The summed E-state index contributed by atoms with van der Waals surface area (Å²) in [5.74, 6) is -0.300. The van der Waals surface area contributed by atoms with Crippen LogP contribution in [0.15, 0.2) is 11.8 Å². The molecule has 1 aliphatic rings. The van der Waals surface area contributed by atoms with Crippen molar-refractivity contribution in [1.82, 2.24) is 0 Å². The zero-order valence-electron chi connectivity index (χ0n) is 6.99. The van der Waals surface area contributed by atoms with Crippen molar-refractivity contribution < 1.29 is 15.0 Å². The van der Waals surface area contributed by atoms with E-state index in [0.29, 0.717) is 12.2 Å². The van der Waals surface area contributed by atoms with E-state index in [1.54, 1.807) is 6.08 Å². The van der Waals surface area contributed by atoms with Crippen LogP contribution in [-0.4, -0.2) is 16.2 Å². The van der Waals surface area contributed by atoms with Gasteiger partial charge < -0.3 is 10.2 Å². The second-order valence-corrected chi connectivity index (χ2v) is 3.19. The van der Waals surface area contributed by atoms with Gasteiger partial charge in [0.15, 0.2) is 0 Å². The monoisotopic (exact) mass is 170 g/mol. The van der Waals surface area contributed by atoms with Crippen molar-refractivity contribution in [3.8, 4) is 0 Å². The van der Waals surface area contributed by atoms with Crippen molar-refractivity contribution in [1.29, 1.82) is 0 Å². The predicted molar refractivity (Wildman–Crippen MR) is 44.9 cm³/mol. The third-order valence-corrected chi connectivity index (χ3v) is 2.24. The maximum atomic E-state index is 10.2. The maximum Gasteiger partial charge on any atom is 0.303 e. The van der Waals surface area contributed by atoms with Crippen LogP contribution in [-0.2, 0) is 4.79 Å². The van der Waals surface area contributed by atoms with Gasteiger partial charge in [-0.25, -0.2) is 0 Å². The van der Waals surface area contributed by atoms with E-state index in [0.717, 1.165) is 19.3 Å². The third-order valence-electron chi connectivity index (χ3n) is 2.24. The molecule has 1 atom stereocenters. The van der Waals surface area contributed by atoms with E-state index in [4.69, 9.17) is 5.11 Å². The fourth-order valence-corrected chi connectivity index (χ4v) is 1.52. The van der Waals surface area contributed by atoms with Gasteiger partial charge in [0.2, 0.25) is 0 Å². The number of aliphatic hydroxyl groups excluding tert-OH is 1. The van der Waals surface area contributed by atoms with Crippen LogP contribution in [0.4, 0.5) is 0 Å². The molecular weight excluding hydrogens is 156 g/mol. The number of allylic oxidation sites excluding steroid dienone is 2. The Kier molecular flexibility index (Phi) is 3.14. The third kappa shape index (κ3) is 2.57. The van der Waals surface area contributed by atoms with Gasteiger partial charge in [-0.1, -0.05) is 0 Å². The highest BCUT2D eigenvalue weighted by Crippen LogP contribution is 2.26. The Morgan fingerprint density at radius 1 is 1.67 bits per heavy atom. The van der Waals surface area contributed by atoms with Gasteiger partial charge in [0.1, 0.15) is 0 Å². The molecule has 2 N–H and O–H groups in total. The molecule has 0 aromatic rings. The molecular formula is C9H14O3. The Morgan fingerprint density at radius 2 is 2.42 bits per heavy atom. The van der Waals surface area contributed by atoms with Crippen LogP contribution in [0.5, 0.6) is 0 Å². The number of carbonyl (C=O) groups is 1. The van der Waals surface area contributed by atoms with E-state index in [-0.39, 0.29) is 12.3 Å². The van der Waals surface area contributed by atoms with Gasteiger partial charge in [-0.05, 0) is 31.8 Å². The van der Waals surface area contributed by atoms with Crippen molar-refractivity contribution >= 4 is 5.97 Å². The van der Waals surface area contributed by atoms with Gasteiger partial charge in [-0.3, -0.25) is 4.79 Å². The molecule has 0 aromatic carbocycles. The molecule has 0 saturated carbocycles. The lowest BCUT2D eigenvalue weighted by Gasteiger charge is -2.18. The quantitative estimate of drug-likeness (QED) is 0.681. The zero-order valence-corrected chi connectivity index (χ0v) is 6.99. The standard InChI is InChI=1S/C9H14O3/c10-8-4-2-1-3-7(8)5-6-9(11)12/h4,7,10H,1-3,5-6H2,(H,11,12). The molecule has 1 unspecified atom stereocenters. The minimum Gasteiger partial charge on any atom is -0.512 e. The fourth-order valence-electron chi connectivity index (χ4n) is 1.52. The second-order valence-electron chi connectivity index (χ2n) is 3.19. The highest BCUT2D eigenvalue weighted by molar-refractivity contribution is 5.66. The molecule has 0 aliphatic heterocycles. The van der Waals surface area contributed by atoms with Crippen molar-refractivity contribution in [2.75, 3.05) is 0 Å². The van der Waals surface area contributed by atoms with Gasteiger partial charge in [-0.15, -0.1) is 0 Å². The van der Waals surface area contributed by atoms with Gasteiger partial charge >= 0.3 is 5.97 Å². The molecule has 0 fully saturated rings. The molecule has 0 spiro atoms. The Labute approximate surface area is 71.7 Å². The van der Waals surface area contributed by atoms with Gasteiger partial charge in [0, 0.05) is 12.3 Å². The average molecular weight is 170 g/mol. The summed E-state index contributed by atoms with van der Waals surface area (Å²) < 4.78 is 0. The number of aliphatic carboxylic acids is 1. The smallest absolute Gasteiger partial charge is 0.303 e. The van der Waals surface area contributed by atoms with Crippen molar-refractivity contribution in [3.63, 3.8) is 0 Å². The summed E-state index contributed by atoms with van der Waals surface area (Å²) in [5.41, 5.74) is 0. The predicted octanol–water partition coefficient (Wildman–Crippen LogP) is 2.09. The molecule has 0 radical (unpaired) electrons. The Hall–Kier alpha value is -0.990. The van der Waals surface area contributed by atoms with Crippen LogP contribution in [0, 0.1) is 5.92 Å². The Balaban J connectivity index is 2.35. The van der Waals surface area contributed by atoms with E-state index >= 15 is 0 Å². The topological polar surface area (TPSA) is 57.5 Å². The summed E-state index contributed by atoms with van der Waals surface area (Å²) in [4.78, 5) is 10.2. The lowest BCUT2D eigenvalue weighted by atomic mass is 9.90. The summed E-state index contributed by atoms with van der Waals surface area (Å²) in [5, 5.41) is 17.8. The normalized spacial score (nSPS) is 23.3. The molecule has 1 rings (SSSR count). The minimum atomic E-state index is -0.784. The number of aliphatic hydroxyl groups is 1. The highest BCUT2D eigenvalue weighted by Gasteiger charge is 2.17. The molecule has 0 amide bonds. The van der Waals surface area contributed by atoms with E-state index in [1.807, 2.05) is 0 Å². The number of hydrogen-bond acceptors (Lipinski definition) is 2. The van der Waals surface area contributed by atoms with Crippen LogP contribution >= 0.6 is 0 Å². The average Bonchev–Trinajstić information content (AvgIpc) is 2.03.